The summed E-state index contributed by atoms with van der Waals surface area (Å²) >= 11 is 3.77. The Morgan fingerprint density at radius 1 is 1.40 bits per heavy atom. The van der Waals surface area contributed by atoms with Crippen molar-refractivity contribution in [2.75, 3.05) is 6.54 Å². The van der Waals surface area contributed by atoms with Crippen molar-refractivity contribution in [1.82, 2.24) is 10.3 Å². The first-order chi connectivity index (χ1) is 9.50. The molecule has 0 saturated heterocycles. The molecule has 114 valence electrons. The highest BCUT2D eigenvalue weighted by Gasteiger charge is 2.36. The summed E-state index contributed by atoms with van der Waals surface area (Å²) in [5, 5.41) is 6.52. The first kappa shape index (κ1) is 16.3. The third kappa shape index (κ3) is 4.47. The Hall–Kier alpha value is -0.0600. The lowest BCUT2D eigenvalue weighted by Gasteiger charge is -2.41. The van der Waals surface area contributed by atoms with E-state index in [4.69, 9.17) is 0 Å². The van der Waals surface area contributed by atoms with E-state index in [1.165, 1.54) is 30.0 Å². The normalized spacial score (nSPS) is 27.7. The lowest BCUT2D eigenvalue weighted by molar-refractivity contribution is 0.165. The van der Waals surface area contributed by atoms with E-state index in [9.17, 15) is 0 Å². The highest BCUT2D eigenvalue weighted by Crippen LogP contribution is 2.43. The van der Waals surface area contributed by atoms with Crippen molar-refractivity contribution in [3.8, 4) is 0 Å². The highest BCUT2D eigenvalue weighted by molar-refractivity contribution is 8.01. The third-order valence-electron chi connectivity index (χ3n) is 4.33. The molecule has 20 heavy (non-hydrogen) atoms. The molecule has 0 spiro atoms. The van der Waals surface area contributed by atoms with Crippen molar-refractivity contribution in [1.29, 1.82) is 0 Å². The Balaban J connectivity index is 2.02. The fourth-order valence-electron chi connectivity index (χ4n) is 3.01. The standard InChI is InChI=1S/C16H28N2S2/c1-5-8-17-13-7-6-12(16(2,3)4)11-14(13)20-15-18-9-10-19-15/h9-10,12-14,17H,5-8,11H2,1-4H3. The number of thioether (sulfide) groups is 1. The second-order valence-electron chi connectivity index (χ2n) is 6.89. The van der Waals surface area contributed by atoms with Crippen molar-refractivity contribution in [3.05, 3.63) is 11.6 Å². The molecule has 0 radical (unpaired) electrons. The lowest BCUT2D eigenvalue weighted by atomic mass is 9.71. The Labute approximate surface area is 132 Å². The largest absolute Gasteiger partial charge is 0.313 e. The molecule has 3 atom stereocenters. The zero-order valence-electron chi connectivity index (χ0n) is 13.2. The summed E-state index contributed by atoms with van der Waals surface area (Å²) in [6.45, 7) is 10.6. The van der Waals surface area contributed by atoms with Crippen LogP contribution >= 0.6 is 23.1 Å². The summed E-state index contributed by atoms with van der Waals surface area (Å²) < 4.78 is 1.23. The molecule has 2 nitrogen and oxygen atoms in total. The van der Waals surface area contributed by atoms with Gasteiger partial charge in [-0.05, 0) is 43.6 Å². The van der Waals surface area contributed by atoms with Gasteiger partial charge in [-0.3, -0.25) is 0 Å². The van der Waals surface area contributed by atoms with Gasteiger partial charge < -0.3 is 5.32 Å². The van der Waals surface area contributed by atoms with Gasteiger partial charge in [-0.25, -0.2) is 4.98 Å². The van der Waals surface area contributed by atoms with E-state index in [2.05, 4.69) is 43.4 Å². The molecule has 0 aliphatic heterocycles. The Morgan fingerprint density at radius 2 is 2.20 bits per heavy atom. The average Bonchev–Trinajstić information content (AvgIpc) is 2.89. The Bertz CT molecular complexity index is 384. The van der Waals surface area contributed by atoms with Gasteiger partial charge in [0.15, 0.2) is 0 Å². The van der Waals surface area contributed by atoms with Crippen LogP contribution < -0.4 is 5.32 Å². The number of nitrogens with one attached hydrogen (secondary N) is 1. The summed E-state index contributed by atoms with van der Waals surface area (Å²) in [6.07, 6.45) is 7.12. The minimum Gasteiger partial charge on any atom is -0.313 e. The number of nitrogens with zero attached hydrogens (tertiary/aromatic N) is 1. The van der Waals surface area contributed by atoms with Crippen molar-refractivity contribution < 1.29 is 0 Å². The van der Waals surface area contributed by atoms with Crippen molar-refractivity contribution in [2.45, 2.75) is 69.0 Å². The van der Waals surface area contributed by atoms with E-state index >= 15 is 0 Å². The number of rotatable bonds is 5. The van der Waals surface area contributed by atoms with E-state index in [0.29, 0.717) is 16.7 Å². The fourth-order valence-corrected chi connectivity index (χ4v) is 5.23. The van der Waals surface area contributed by atoms with Gasteiger partial charge in [-0.2, -0.15) is 0 Å². The first-order valence-corrected chi connectivity index (χ1v) is 9.56. The molecule has 1 aliphatic carbocycles. The van der Waals surface area contributed by atoms with Crippen LogP contribution in [0, 0.1) is 11.3 Å². The van der Waals surface area contributed by atoms with Crippen LogP contribution in [0.3, 0.4) is 0 Å². The Kier molecular flexibility index (Phi) is 5.94. The second kappa shape index (κ2) is 7.28. The minimum absolute atomic E-state index is 0.428. The summed E-state index contributed by atoms with van der Waals surface area (Å²) in [6, 6.07) is 0.655. The van der Waals surface area contributed by atoms with Gasteiger partial charge in [0.2, 0.25) is 0 Å². The predicted molar refractivity (Wildman–Crippen MR) is 90.6 cm³/mol. The van der Waals surface area contributed by atoms with Crippen LogP contribution in [0.4, 0.5) is 0 Å². The van der Waals surface area contributed by atoms with Crippen LogP contribution in [0.5, 0.6) is 0 Å². The lowest BCUT2D eigenvalue weighted by Crippen LogP contribution is -2.45. The van der Waals surface area contributed by atoms with Gasteiger partial charge in [0.25, 0.3) is 0 Å². The van der Waals surface area contributed by atoms with Crippen LogP contribution in [-0.4, -0.2) is 22.8 Å². The molecule has 0 bridgehead atoms. The van der Waals surface area contributed by atoms with Gasteiger partial charge in [0.05, 0.1) is 0 Å². The number of aromatic nitrogens is 1. The summed E-state index contributed by atoms with van der Waals surface area (Å²) in [5.41, 5.74) is 0.428. The smallest absolute Gasteiger partial charge is 0.150 e. The molecular formula is C16H28N2S2. The van der Waals surface area contributed by atoms with E-state index in [0.717, 1.165) is 12.5 Å². The molecule has 1 fully saturated rings. The maximum Gasteiger partial charge on any atom is 0.150 e. The van der Waals surface area contributed by atoms with Gasteiger partial charge in [-0.15, -0.1) is 11.3 Å². The molecule has 1 aromatic heterocycles. The van der Waals surface area contributed by atoms with Crippen LogP contribution in [0.1, 0.15) is 53.4 Å². The van der Waals surface area contributed by atoms with Gasteiger partial charge in [0.1, 0.15) is 4.34 Å². The van der Waals surface area contributed by atoms with Crippen LogP contribution in [0.15, 0.2) is 15.9 Å². The maximum atomic E-state index is 4.47. The van der Waals surface area contributed by atoms with E-state index in [1.807, 2.05) is 18.0 Å². The fraction of sp³-hybridized carbons (Fsp3) is 0.812. The predicted octanol–water partition coefficient (Wildman–Crippen LogP) is 4.82. The van der Waals surface area contributed by atoms with Crippen LogP contribution in [-0.2, 0) is 0 Å². The SMILES string of the molecule is CCCNC1CCC(C(C)(C)C)CC1Sc1nccs1. The number of thiazole rings is 1. The van der Waals surface area contributed by atoms with Crippen molar-refractivity contribution in [2.24, 2.45) is 11.3 Å². The van der Waals surface area contributed by atoms with Crippen molar-refractivity contribution >= 4 is 23.1 Å². The molecular weight excluding hydrogens is 284 g/mol. The summed E-state index contributed by atoms with van der Waals surface area (Å²) in [5.74, 6) is 0.833. The van der Waals surface area contributed by atoms with E-state index in [1.54, 1.807) is 11.3 Å². The van der Waals surface area contributed by atoms with Gasteiger partial charge in [0, 0.05) is 22.9 Å². The molecule has 0 aromatic carbocycles. The zero-order chi connectivity index (χ0) is 14.6. The molecule has 4 heteroatoms. The topological polar surface area (TPSA) is 24.9 Å². The molecule has 2 rings (SSSR count). The van der Waals surface area contributed by atoms with E-state index < -0.39 is 0 Å². The summed E-state index contributed by atoms with van der Waals surface area (Å²) in [4.78, 5) is 4.47. The third-order valence-corrected chi connectivity index (χ3v) is 6.61. The quantitative estimate of drug-likeness (QED) is 0.844. The molecule has 1 saturated carbocycles. The van der Waals surface area contributed by atoms with Crippen LogP contribution in [0.25, 0.3) is 0 Å². The highest BCUT2D eigenvalue weighted by atomic mass is 32.2. The first-order valence-electron chi connectivity index (χ1n) is 7.80. The maximum absolute atomic E-state index is 4.47. The van der Waals surface area contributed by atoms with Crippen LogP contribution in [0.2, 0.25) is 0 Å². The molecule has 1 N–H and O–H groups in total. The second-order valence-corrected chi connectivity index (χ2v) is 9.27. The molecule has 1 aliphatic rings. The van der Waals surface area contributed by atoms with Gasteiger partial charge >= 0.3 is 0 Å². The average molecular weight is 313 g/mol. The number of hydrogen-bond acceptors (Lipinski definition) is 4. The van der Waals surface area contributed by atoms with Crippen molar-refractivity contribution in [3.63, 3.8) is 0 Å². The monoisotopic (exact) mass is 312 g/mol. The summed E-state index contributed by atoms with van der Waals surface area (Å²) in [7, 11) is 0. The zero-order valence-corrected chi connectivity index (χ0v) is 14.8. The molecule has 1 heterocycles. The van der Waals surface area contributed by atoms with Gasteiger partial charge in [-0.1, -0.05) is 39.5 Å². The molecule has 1 aromatic rings. The minimum atomic E-state index is 0.428. The number of hydrogen-bond donors (Lipinski definition) is 1. The Morgan fingerprint density at radius 3 is 2.80 bits per heavy atom. The van der Waals surface area contributed by atoms with E-state index in [-0.39, 0.29) is 0 Å². The molecule has 3 unspecified atom stereocenters. The molecule has 0 amide bonds.